The summed E-state index contributed by atoms with van der Waals surface area (Å²) in [6.45, 7) is 1.86. The van der Waals surface area contributed by atoms with Gasteiger partial charge in [0.1, 0.15) is 0 Å². The number of benzene rings is 2. The minimum atomic E-state index is -0.242. The number of nitrogens with one attached hydrogen (secondary N) is 1. The highest BCUT2D eigenvalue weighted by Crippen LogP contribution is 2.09. The van der Waals surface area contributed by atoms with Crippen LogP contribution in [-0.4, -0.2) is 23.7 Å². The summed E-state index contributed by atoms with van der Waals surface area (Å²) in [6.07, 6.45) is 1.34. The number of aliphatic hydroxyl groups excluding tert-OH is 1. The van der Waals surface area contributed by atoms with E-state index in [1.807, 2.05) is 67.6 Å². The van der Waals surface area contributed by atoms with Gasteiger partial charge in [-0.15, -0.1) is 0 Å². The molecule has 0 aromatic heterocycles. The second kappa shape index (κ2) is 8.35. The minimum Gasteiger partial charge on any atom is -0.394 e. The zero-order valence-electron chi connectivity index (χ0n) is 12.9. The van der Waals surface area contributed by atoms with Crippen LogP contribution in [0.4, 0.5) is 0 Å². The molecule has 1 amide bonds. The van der Waals surface area contributed by atoms with E-state index in [9.17, 15) is 9.90 Å². The topological polar surface area (TPSA) is 49.3 Å². The summed E-state index contributed by atoms with van der Waals surface area (Å²) >= 11 is 0. The zero-order valence-corrected chi connectivity index (χ0v) is 12.9. The molecule has 116 valence electrons. The Bertz CT molecular complexity index is 569. The first-order valence-electron chi connectivity index (χ1n) is 7.68. The zero-order chi connectivity index (χ0) is 15.8. The van der Waals surface area contributed by atoms with Crippen LogP contribution in [0.15, 0.2) is 60.7 Å². The number of hydrogen-bond acceptors (Lipinski definition) is 2. The molecule has 3 heteroatoms. The molecule has 0 aliphatic heterocycles. The Hall–Kier alpha value is -2.13. The molecule has 22 heavy (non-hydrogen) atoms. The molecule has 2 N–H and O–H groups in total. The summed E-state index contributed by atoms with van der Waals surface area (Å²) in [4.78, 5) is 12.3. The van der Waals surface area contributed by atoms with Gasteiger partial charge in [-0.1, -0.05) is 67.6 Å². The van der Waals surface area contributed by atoms with Gasteiger partial charge in [0.05, 0.1) is 12.6 Å². The molecule has 0 fully saturated rings. The Morgan fingerprint density at radius 1 is 0.955 bits per heavy atom. The molecule has 0 saturated carbocycles. The molecule has 2 atom stereocenters. The van der Waals surface area contributed by atoms with E-state index in [0.29, 0.717) is 12.8 Å². The van der Waals surface area contributed by atoms with Gasteiger partial charge in [-0.3, -0.25) is 4.79 Å². The van der Waals surface area contributed by atoms with Crippen molar-refractivity contribution in [3.05, 3.63) is 71.8 Å². The lowest BCUT2D eigenvalue weighted by Gasteiger charge is -2.19. The van der Waals surface area contributed by atoms with E-state index in [-0.39, 0.29) is 24.5 Å². The molecule has 0 aliphatic carbocycles. The van der Waals surface area contributed by atoms with E-state index in [1.54, 1.807) is 0 Å². The average Bonchev–Trinajstić information content (AvgIpc) is 2.56. The van der Waals surface area contributed by atoms with Crippen molar-refractivity contribution in [3.8, 4) is 0 Å². The highest BCUT2D eigenvalue weighted by atomic mass is 16.3. The summed E-state index contributed by atoms with van der Waals surface area (Å²) in [5, 5.41) is 12.4. The molecule has 0 aliphatic rings. The molecule has 0 heterocycles. The fraction of sp³-hybridized carbons (Fsp3) is 0.316. The van der Waals surface area contributed by atoms with Crippen molar-refractivity contribution in [3.63, 3.8) is 0 Å². The van der Waals surface area contributed by atoms with Crippen molar-refractivity contribution in [2.24, 2.45) is 5.92 Å². The second-order valence-electron chi connectivity index (χ2n) is 5.67. The summed E-state index contributed by atoms with van der Waals surface area (Å²) in [5.74, 6) is -0.133. The maximum atomic E-state index is 12.3. The number of aliphatic hydroxyl groups is 1. The standard InChI is InChI=1S/C19H23NO2/c1-15(12-16-8-4-2-5-9-16)19(22)20-18(14-21)13-17-10-6-3-7-11-17/h2-11,15,18,21H,12-14H2,1H3,(H,20,22)/t15?,18-/m1/s1. The van der Waals surface area contributed by atoms with E-state index < -0.39 is 0 Å². The minimum absolute atomic E-state index is 0.0150. The van der Waals surface area contributed by atoms with Gasteiger partial charge < -0.3 is 10.4 Å². The van der Waals surface area contributed by atoms with Crippen LogP contribution in [0.1, 0.15) is 18.1 Å². The van der Waals surface area contributed by atoms with Gasteiger partial charge in [0.2, 0.25) is 5.91 Å². The first-order chi connectivity index (χ1) is 10.7. The van der Waals surface area contributed by atoms with Crippen LogP contribution in [-0.2, 0) is 17.6 Å². The summed E-state index contributed by atoms with van der Waals surface area (Å²) < 4.78 is 0. The molecule has 0 spiro atoms. The number of carbonyl (C=O) groups is 1. The molecule has 2 aromatic carbocycles. The molecule has 3 nitrogen and oxygen atoms in total. The van der Waals surface area contributed by atoms with Crippen molar-refractivity contribution in [2.75, 3.05) is 6.61 Å². The Morgan fingerprint density at radius 3 is 1.95 bits per heavy atom. The normalized spacial score (nSPS) is 13.4. The van der Waals surface area contributed by atoms with Crippen LogP contribution in [0, 0.1) is 5.92 Å². The van der Waals surface area contributed by atoms with E-state index in [0.717, 1.165) is 11.1 Å². The smallest absolute Gasteiger partial charge is 0.223 e. The molecular formula is C19H23NO2. The first-order valence-corrected chi connectivity index (χ1v) is 7.68. The van der Waals surface area contributed by atoms with Crippen molar-refractivity contribution in [1.29, 1.82) is 0 Å². The fourth-order valence-corrected chi connectivity index (χ4v) is 2.46. The largest absolute Gasteiger partial charge is 0.394 e. The maximum Gasteiger partial charge on any atom is 0.223 e. The monoisotopic (exact) mass is 297 g/mol. The van der Waals surface area contributed by atoms with Crippen molar-refractivity contribution in [1.82, 2.24) is 5.32 Å². The highest BCUT2D eigenvalue weighted by Gasteiger charge is 2.17. The average molecular weight is 297 g/mol. The number of amides is 1. The lowest BCUT2D eigenvalue weighted by atomic mass is 9.99. The Morgan fingerprint density at radius 2 is 1.45 bits per heavy atom. The van der Waals surface area contributed by atoms with Gasteiger partial charge in [-0.25, -0.2) is 0 Å². The third-order valence-corrected chi connectivity index (χ3v) is 3.72. The Balaban J connectivity index is 1.88. The van der Waals surface area contributed by atoms with Crippen LogP contribution < -0.4 is 5.32 Å². The van der Waals surface area contributed by atoms with Gasteiger partial charge in [0.15, 0.2) is 0 Å². The lowest BCUT2D eigenvalue weighted by Crippen LogP contribution is -2.42. The predicted molar refractivity (Wildman–Crippen MR) is 88.5 cm³/mol. The van der Waals surface area contributed by atoms with Crippen LogP contribution in [0.5, 0.6) is 0 Å². The Kier molecular flexibility index (Phi) is 6.16. The summed E-state index contributed by atoms with van der Waals surface area (Å²) in [7, 11) is 0. The predicted octanol–water partition coefficient (Wildman–Crippen LogP) is 2.59. The second-order valence-corrected chi connectivity index (χ2v) is 5.67. The van der Waals surface area contributed by atoms with Gasteiger partial charge >= 0.3 is 0 Å². The third-order valence-electron chi connectivity index (χ3n) is 3.72. The van der Waals surface area contributed by atoms with Crippen LogP contribution in [0.3, 0.4) is 0 Å². The quantitative estimate of drug-likeness (QED) is 0.825. The van der Waals surface area contributed by atoms with Crippen molar-refractivity contribution >= 4 is 5.91 Å². The number of hydrogen-bond donors (Lipinski definition) is 2. The Labute approximate surface area is 132 Å². The van der Waals surface area contributed by atoms with Crippen molar-refractivity contribution in [2.45, 2.75) is 25.8 Å². The van der Waals surface area contributed by atoms with Crippen LogP contribution in [0.25, 0.3) is 0 Å². The molecule has 0 bridgehead atoms. The lowest BCUT2D eigenvalue weighted by molar-refractivity contribution is -0.125. The maximum absolute atomic E-state index is 12.3. The highest BCUT2D eigenvalue weighted by molar-refractivity contribution is 5.78. The van der Waals surface area contributed by atoms with Crippen LogP contribution >= 0.6 is 0 Å². The molecule has 0 radical (unpaired) electrons. The summed E-state index contributed by atoms with van der Waals surface area (Å²) in [5.41, 5.74) is 2.26. The van der Waals surface area contributed by atoms with Crippen LogP contribution in [0.2, 0.25) is 0 Å². The molecule has 1 unspecified atom stereocenters. The van der Waals surface area contributed by atoms with Gasteiger partial charge in [-0.05, 0) is 24.0 Å². The molecule has 0 saturated heterocycles. The van der Waals surface area contributed by atoms with Gasteiger partial charge in [0.25, 0.3) is 0 Å². The van der Waals surface area contributed by atoms with Crippen molar-refractivity contribution < 1.29 is 9.90 Å². The van der Waals surface area contributed by atoms with E-state index in [1.165, 1.54) is 0 Å². The van der Waals surface area contributed by atoms with E-state index in [2.05, 4.69) is 5.32 Å². The fourth-order valence-electron chi connectivity index (χ4n) is 2.46. The number of carbonyl (C=O) groups excluding carboxylic acids is 1. The molecular weight excluding hydrogens is 274 g/mol. The SMILES string of the molecule is CC(Cc1ccccc1)C(=O)N[C@@H](CO)Cc1ccccc1. The van der Waals surface area contributed by atoms with E-state index in [4.69, 9.17) is 0 Å². The first kappa shape index (κ1) is 16.2. The number of rotatable bonds is 7. The van der Waals surface area contributed by atoms with E-state index >= 15 is 0 Å². The van der Waals surface area contributed by atoms with Gasteiger partial charge in [-0.2, -0.15) is 0 Å². The summed E-state index contributed by atoms with van der Waals surface area (Å²) in [6, 6.07) is 19.6. The molecule has 2 aromatic rings. The third kappa shape index (κ3) is 5.01. The van der Waals surface area contributed by atoms with Gasteiger partial charge in [0, 0.05) is 5.92 Å². The molecule has 2 rings (SSSR count).